The van der Waals surface area contributed by atoms with Crippen LogP contribution < -0.4 is 0 Å². The number of rotatable bonds is 2. The summed E-state index contributed by atoms with van der Waals surface area (Å²) >= 11 is 0. The van der Waals surface area contributed by atoms with E-state index in [9.17, 15) is 5.21 Å². The molecule has 0 unspecified atom stereocenters. The van der Waals surface area contributed by atoms with E-state index in [4.69, 9.17) is 4.98 Å². The number of oxime groups is 1. The molecule has 0 radical (unpaired) electrons. The number of para-hydroxylation sites is 1. The van der Waals surface area contributed by atoms with E-state index in [2.05, 4.69) is 50.2 Å². The molecule has 1 aromatic heterocycles. The van der Waals surface area contributed by atoms with Crippen molar-refractivity contribution >= 4 is 27.5 Å². The maximum Gasteiger partial charge on any atom is 0.118 e. The maximum atomic E-state index is 9.89. The minimum atomic E-state index is 0.586. The number of fused-ring (bicyclic) bond motifs is 2. The van der Waals surface area contributed by atoms with Gasteiger partial charge in [0.1, 0.15) is 5.71 Å². The summed E-state index contributed by atoms with van der Waals surface area (Å²) in [5, 5.41) is 15.6. The third-order valence-electron chi connectivity index (χ3n) is 4.83. The van der Waals surface area contributed by atoms with E-state index in [1.165, 1.54) is 5.56 Å². The van der Waals surface area contributed by atoms with Crippen LogP contribution in [0.5, 0.6) is 0 Å². The molecule has 1 N–H and O–H groups in total. The van der Waals surface area contributed by atoms with Crippen molar-refractivity contribution in [3.05, 3.63) is 88.5 Å². The van der Waals surface area contributed by atoms with E-state index >= 15 is 0 Å². The average Bonchev–Trinajstić information content (AvgIpc) is 2.62. The van der Waals surface area contributed by atoms with Gasteiger partial charge in [0.05, 0.1) is 11.0 Å². The highest BCUT2D eigenvalue weighted by atomic mass is 16.4. The Labute approximate surface area is 152 Å². The van der Waals surface area contributed by atoms with Crippen molar-refractivity contribution < 1.29 is 5.21 Å². The van der Waals surface area contributed by atoms with Crippen molar-refractivity contribution in [1.29, 1.82) is 0 Å². The number of hydrogen-bond donors (Lipinski definition) is 1. The van der Waals surface area contributed by atoms with E-state index < -0.39 is 0 Å². The fraction of sp³-hybridized carbons (Fsp3) is 0.130. The molecule has 0 aliphatic rings. The second-order valence-electron chi connectivity index (χ2n) is 6.78. The summed E-state index contributed by atoms with van der Waals surface area (Å²) in [5.74, 6) is 0. The van der Waals surface area contributed by atoms with E-state index in [1.54, 1.807) is 0 Å². The van der Waals surface area contributed by atoms with Gasteiger partial charge in [0.15, 0.2) is 0 Å². The van der Waals surface area contributed by atoms with Gasteiger partial charge in [-0.2, -0.15) is 0 Å². The van der Waals surface area contributed by atoms with Crippen molar-refractivity contribution in [2.45, 2.75) is 20.8 Å². The van der Waals surface area contributed by atoms with Gasteiger partial charge in [0.25, 0.3) is 0 Å². The van der Waals surface area contributed by atoms with Gasteiger partial charge in [-0.25, -0.2) is 4.98 Å². The quantitative estimate of drug-likeness (QED) is 0.225. The van der Waals surface area contributed by atoms with Gasteiger partial charge in [-0.05, 0) is 50.1 Å². The van der Waals surface area contributed by atoms with E-state index in [0.29, 0.717) is 5.71 Å². The molecule has 0 spiro atoms. The van der Waals surface area contributed by atoms with Gasteiger partial charge in [-0.3, -0.25) is 0 Å². The molecule has 3 nitrogen and oxygen atoms in total. The molecular weight excluding hydrogens is 320 g/mol. The summed E-state index contributed by atoms with van der Waals surface area (Å²) in [6.07, 6.45) is 0. The second-order valence-corrected chi connectivity index (χ2v) is 6.78. The smallest absolute Gasteiger partial charge is 0.118 e. The van der Waals surface area contributed by atoms with Crippen molar-refractivity contribution in [3.8, 4) is 0 Å². The molecule has 4 rings (SSSR count). The molecule has 0 aliphatic carbocycles. The Morgan fingerprint density at radius 1 is 0.846 bits per heavy atom. The molecule has 0 amide bonds. The Hall–Kier alpha value is -3.20. The lowest BCUT2D eigenvalue weighted by Crippen LogP contribution is -2.09. The van der Waals surface area contributed by atoms with Crippen molar-refractivity contribution in [2.75, 3.05) is 0 Å². The second kappa shape index (κ2) is 6.26. The Morgan fingerprint density at radius 3 is 2.27 bits per heavy atom. The van der Waals surface area contributed by atoms with Crippen LogP contribution >= 0.6 is 0 Å². The van der Waals surface area contributed by atoms with Crippen molar-refractivity contribution in [1.82, 2.24) is 4.98 Å². The van der Waals surface area contributed by atoms with E-state index in [0.717, 1.165) is 44.1 Å². The molecule has 0 atom stereocenters. The molecule has 3 heteroatoms. The SMILES string of the molecule is Cc1cc(C)c(/C(=N/O)c2cccc3nc4ccccc4cc23)c(C)c1. The molecule has 0 aliphatic heterocycles. The molecule has 26 heavy (non-hydrogen) atoms. The number of aromatic nitrogens is 1. The monoisotopic (exact) mass is 340 g/mol. The van der Waals surface area contributed by atoms with Gasteiger partial charge in [-0.1, -0.05) is 53.2 Å². The van der Waals surface area contributed by atoms with E-state index in [-0.39, 0.29) is 0 Å². The summed E-state index contributed by atoms with van der Waals surface area (Å²) in [5.41, 5.74) is 7.69. The average molecular weight is 340 g/mol. The molecule has 4 aromatic rings. The van der Waals surface area contributed by atoms with Gasteiger partial charge < -0.3 is 5.21 Å². The topological polar surface area (TPSA) is 45.5 Å². The zero-order chi connectivity index (χ0) is 18.3. The first kappa shape index (κ1) is 16.3. The van der Waals surface area contributed by atoms with Crippen molar-refractivity contribution in [2.24, 2.45) is 5.16 Å². The van der Waals surface area contributed by atoms with Crippen LogP contribution in [0.1, 0.15) is 27.8 Å². The van der Waals surface area contributed by atoms with Gasteiger partial charge in [0.2, 0.25) is 0 Å². The Bertz CT molecular complexity index is 1150. The normalized spacial score (nSPS) is 12.0. The zero-order valence-corrected chi connectivity index (χ0v) is 15.1. The molecule has 128 valence electrons. The predicted octanol–water partition coefficient (Wildman–Crippen LogP) is 5.54. The first-order valence-electron chi connectivity index (χ1n) is 8.67. The Balaban J connectivity index is 2.02. The lowest BCUT2D eigenvalue weighted by atomic mass is 9.90. The number of pyridine rings is 1. The lowest BCUT2D eigenvalue weighted by Gasteiger charge is -2.15. The third-order valence-corrected chi connectivity index (χ3v) is 4.83. The molecule has 0 bridgehead atoms. The highest BCUT2D eigenvalue weighted by Gasteiger charge is 2.17. The van der Waals surface area contributed by atoms with Gasteiger partial charge in [-0.15, -0.1) is 0 Å². The summed E-state index contributed by atoms with van der Waals surface area (Å²) < 4.78 is 0. The Morgan fingerprint density at radius 2 is 1.54 bits per heavy atom. The molecule has 3 aromatic carbocycles. The summed E-state index contributed by atoms with van der Waals surface area (Å²) in [7, 11) is 0. The minimum Gasteiger partial charge on any atom is -0.410 e. The zero-order valence-electron chi connectivity index (χ0n) is 15.1. The number of benzene rings is 3. The van der Waals surface area contributed by atoms with E-state index in [1.807, 2.05) is 36.4 Å². The van der Waals surface area contributed by atoms with Crippen LogP contribution in [0.15, 0.2) is 65.8 Å². The first-order valence-corrected chi connectivity index (χ1v) is 8.67. The number of hydrogen-bond acceptors (Lipinski definition) is 3. The first-order chi connectivity index (χ1) is 12.6. The van der Waals surface area contributed by atoms with Crippen LogP contribution in [0.3, 0.4) is 0 Å². The van der Waals surface area contributed by atoms with Crippen LogP contribution in [0, 0.1) is 20.8 Å². The van der Waals surface area contributed by atoms with Crippen LogP contribution in [0.4, 0.5) is 0 Å². The fourth-order valence-corrected chi connectivity index (χ4v) is 3.80. The molecular formula is C23H20N2O. The lowest BCUT2D eigenvalue weighted by molar-refractivity contribution is 0.319. The predicted molar refractivity (Wildman–Crippen MR) is 107 cm³/mol. The number of aryl methyl sites for hydroxylation is 3. The third kappa shape index (κ3) is 2.62. The molecule has 0 fully saturated rings. The fourth-order valence-electron chi connectivity index (χ4n) is 3.80. The Kier molecular flexibility index (Phi) is 3.92. The van der Waals surface area contributed by atoms with Crippen LogP contribution in [-0.2, 0) is 0 Å². The highest BCUT2D eigenvalue weighted by Crippen LogP contribution is 2.27. The summed E-state index contributed by atoms with van der Waals surface area (Å²) in [6, 6.07) is 20.4. The summed E-state index contributed by atoms with van der Waals surface area (Å²) in [4.78, 5) is 4.77. The van der Waals surface area contributed by atoms with Crippen LogP contribution in [0.25, 0.3) is 21.8 Å². The van der Waals surface area contributed by atoms with Crippen LogP contribution in [0.2, 0.25) is 0 Å². The van der Waals surface area contributed by atoms with Gasteiger partial charge in [0, 0.05) is 21.9 Å². The van der Waals surface area contributed by atoms with Gasteiger partial charge >= 0.3 is 0 Å². The largest absolute Gasteiger partial charge is 0.410 e. The standard InChI is InChI=1S/C23H20N2O/c1-14-11-15(2)22(16(3)12-14)23(25-26)18-8-6-10-21-19(18)13-17-7-4-5-9-20(17)24-21/h4-13,26H,1-3H3/b25-23+. The van der Waals surface area contributed by atoms with Crippen molar-refractivity contribution in [3.63, 3.8) is 0 Å². The maximum absolute atomic E-state index is 9.89. The summed E-state index contributed by atoms with van der Waals surface area (Å²) in [6.45, 7) is 6.19. The molecule has 0 saturated carbocycles. The highest BCUT2D eigenvalue weighted by molar-refractivity contribution is 6.20. The van der Waals surface area contributed by atoms with Crippen LogP contribution in [-0.4, -0.2) is 15.9 Å². The molecule has 0 saturated heterocycles. The molecule has 1 heterocycles. The number of nitrogens with zero attached hydrogens (tertiary/aromatic N) is 2. The minimum absolute atomic E-state index is 0.586.